The van der Waals surface area contributed by atoms with E-state index < -0.39 is 11.2 Å². The predicted molar refractivity (Wildman–Crippen MR) is 142 cm³/mol. The lowest BCUT2D eigenvalue weighted by atomic mass is 10.2. The Labute approximate surface area is 217 Å². The van der Waals surface area contributed by atoms with E-state index in [-0.39, 0.29) is 24.8 Å². The summed E-state index contributed by atoms with van der Waals surface area (Å²) >= 11 is 2.81. The molecule has 1 aliphatic heterocycles. The Kier molecular flexibility index (Phi) is 8.40. The average molecular weight is 524 g/mol. The summed E-state index contributed by atoms with van der Waals surface area (Å²) < 4.78 is 10.2. The Morgan fingerprint density at radius 3 is 2.50 bits per heavy atom. The number of nitrogens with one attached hydrogen (secondary N) is 1. The second-order valence-corrected chi connectivity index (χ2v) is 9.95. The first-order chi connectivity index (χ1) is 17.5. The summed E-state index contributed by atoms with van der Waals surface area (Å²) in [6.45, 7) is 2.42. The van der Waals surface area contributed by atoms with Gasteiger partial charge in [0.15, 0.2) is 5.17 Å². The first kappa shape index (κ1) is 25.5. The number of aliphatic imine (C=N–C) groups is 1. The highest BCUT2D eigenvalue weighted by molar-refractivity contribution is 8.15. The van der Waals surface area contributed by atoms with Crippen LogP contribution in [-0.2, 0) is 20.9 Å². The van der Waals surface area contributed by atoms with E-state index in [1.165, 1.54) is 11.8 Å². The number of carbonyl (C=O) groups excluding carboxylic acids is 3. The summed E-state index contributed by atoms with van der Waals surface area (Å²) in [6.07, 6.45) is 0.0460. The Morgan fingerprint density at radius 2 is 1.86 bits per heavy atom. The summed E-state index contributed by atoms with van der Waals surface area (Å²) in [6, 6.07) is 17.5. The molecule has 1 N–H and O–H groups in total. The third-order valence-corrected chi connectivity index (χ3v) is 7.34. The number of methoxy groups -OCH3 is 1. The van der Waals surface area contributed by atoms with Crippen molar-refractivity contribution in [1.29, 1.82) is 0 Å². The van der Waals surface area contributed by atoms with Crippen molar-refractivity contribution < 1.29 is 23.9 Å². The zero-order valence-corrected chi connectivity index (χ0v) is 21.4. The zero-order valence-electron chi connectivity index (χ0n) is 19.8. The van der Waals surface area contributed by atoms with Gasteiger partial charge in [-0.2, -0.15) is 0 Å². The van der Waals surface area contributed by atoms with Crippen LogP contribution >= 0.6 is 23.1 Å². The first-order valence-corrected chi connectivity index (χ1v) is 13.0. The lowest BCUT2D eigenvalue weighted by Crippen LogP contribution is -2.44. The van der Waals surface area contributed by atoms with Crippen molar-refractivity contribution in [3.8, 4) is 5.75 Å². The van der Waals surface area contributed by atoms with Crippen LogP contribution in [0, 0.1) is 0 Å². The molecule has 1 aliphatic rings. The second-order valence-electron chi connectivity index (χ2n) is 7.75. The molecule has 2 heterocycles. The van der Waals surface area contributed by atoms with E-state index in [1.807, 2.05) is 17.5 Å². The number of hydrogen-bond donors (Lipinski definition) is 1. The quantitative estimate of drug-likeness (QED) is 0.413. The van der Waals surface area contributed by atoms with E-state index >= 15 is 0 Å². The number of nitrogens with zero attached hydrogens (tertiary/aromatic N) is 2. The number of hydrogen-bond acceptors (Lipinski definition) is 8. The number of thioether (sulfide) groups is 1. The van der Waals surface area contributed by atoms with Gasteiger partial charge < -0.3 is 14.8 Å². The Morgan fingerprint density at radius 1 is 1.11 bits per heavy atom. The largest absolute Gasteiger partial charge is 0.497 e. The molecule has 4 rings (SSSR count). The van der Waals surface area contributed by atoms with Crippen LogP contribution in [0.25, 0.3) is 0 Å². The topological polar surface area (TPSA) is 97.3 Å². The van der Waals surface area contributed by atoms with E-state index in [0.717, 1.165) is 4.88 Å². The van der Waals surface area contributed by atoms with E-state index in [2.05, 4.69) is 5.32 Å². The predicted octanol–water partition coefficient (Wildman–Crippen LogP) is 5.09. The maximum Gasteiger partial charge on any atom is 0.338 e. The molecule has 0 saturated carbocycles. The molecule has 36 heavy (non-hydrogen) atoms. The molecule has 0 radical (unpaired) electrons. The maximum atomic E-state index is 13.2. The van der Waals surface area contributed by atoms with Crippen molar-refractivity contribution in [3.05, 3.63) is 76.5 Å². The number of esters is 1. The van der Waals surface area contributed by atoms with Crippen LogP contribution in [0.5, 0.6) is 5.75 Å². The van der Waals surface area contributed by atoms with Crippen LogP contribution < -0.4 is 10.1 Å². The molecule has 186 valence electrons. The van der Waals surface area contributed by atoms with E-state index in [0.29, 0.717) is 34.4 Å². The van der Waals surface area contributed by atoms with Crippen molar-refractivity contribution in [1.82, 2.24) is 4.90 Å². The van der Waals surface area contributed by atoms with Crippen LogP contribution in [-0.4, -0.2) is 46.8 Å². The van der Waals surface area contributed by atoms with Crippen molar-refractivity contribution >= 4 is 57.4 Å². The summed E-state index contributed by atoms with van der Waals surface area (Å²) in [5, 5.41) is 4.60. The van der Waals surface area contributed by atoms with Crippen LogP contribution in [0.3, 0.4) is 0 Å². The number of thiophene rings is 1. The minimum atomic E-state index is -0.654. The molecule has 0 bridgehead atoms. The summed E-state index contributed by atoms with van der Waals surface area (Å²) in [5.41, 5.74) is 1.57. The second kappa shape index (κ2) is 11.9. The number of ether oxygens (including phenoxy) is 2. The summed E-state index contributed by atoms with van der Waals surface area (Å²) in [7, 11) is 1.59. The molecule has 0 aliphatic carbocycles. The Balaban J connectivity index is 1.52. The minimum Gasteiger partial charge on any atom is -0.497 e. The SMILES string of the molecule is CCOC(=O)c1ccc(NC(=O)C2CC(=O)N(Cc3cccs3)C(=Nc3ccc(OC)cc3)S2)cc1. The first-order valence-electron chi connectivity index (χ1n) is 11.3. The number of amides is 2. The molecule has 1 fully saturated rings. The van der Waals surface area contributed by atoms with Gasteiger partial charge in [0.2, 0.25) is 11.8 Å². The van der Waals surface area contributed by atoms with Gasteiger partial charge in [0.1, 0.15) is 11.0 Å². The highest BCUT2D eigenvalue weighted by atomic mass is 32.2. The van der Waals surface area contributed by atoms with Gasteiger partial charge in [0, 0.05) is 17.0 Å². The maximum absolute atomic E-state index is 13.2. The number of amidine groups is 1. The Bertz CT molecular complexity index is 1240. The third kappa shape index (κ3) is 6.32. The van der Waals surface area contributed by atoms with E-state index in [9.17, 15) is 14.4 Å². The molecule has 10 heteroatoms. The van der Waals surface area contributed by atoms with Gasteiger partial charge in [-0.3, -0.25) is 14.5 Å². The van der Waals surface area contributed by atoms with Gasteiger partial charge in [0.25, 0.3) is 0 Å². The number of carbonyl (C=O) groups is 3. The Hall–Kier alpha value is -3.63. The van der Waals surface area contributed by atoms with E-state index in [4.69, 9.17) is 14.5 Å². The molecule has 8 nitrogen and oxygen atoms in total. The number of anilines is 1. The molecule has 1 saturated heterocycles. The standard InChI is InChI=1S/C26H25N3O5S2/c1-3-34-25(32)17-6-8-18(9-7-17)27-24(31)22-15-23(30)29(16-21-5-4-14-35-21)26(36-22)28-19-10-12-20(33-2)13-11-19/h4-14,22H,3,15-16H2,1-2H3,(H,27,31). The van der Waals surface area contributed by atoms with Crippen molar-refractivity contribution in [2.45, 2.75) is 25.1 Å². The molecule has 2 amide bonds. The minimum absolute atomic E-state index is 0.0460. The number of rotatable bonds is 8. The smallest absolute Gasteiger partial charge is 0.338 e. The lowest BCUT2D eigenvalue weighted by molar-refractivity contribution is -0.129. The molecule has 3 aromatic rings. The lowest BCUT2D eigenvalue weighted by Gasteiger charge is -2.31. The van der Waals surface area contributed by atoms with Gasteiger partial charge in [-0.1, -0.05) is 17.8 Å². The summed E-state index contributed by atoms with van der Waals surface area (Å²) in [4.78, 5) is 45.4. The molecular formula is C26H25N3O5S2. The van der Waals surface area contributed by atoms with Gasteiger partial charge >= 0.3 is 5.97 Å². The van der Waals surface area contributed by atoms with Crippen LogP contribution in [0.1, 0.15) is 28.6 Å². The van der Waals surface area contributed by atoms with Gasteiger partial charge in [-0.15, -0.1) is 11.3 Å². The third-order valence-electron chi connectivity index (χ3n) is 5.29. The fourth-order valence-electron chi connectivity index (χ4n) is 3.45. The molecule has 1 aromatic heterocycles. The molecule has 2 aromatic carbocycles. The van der Waals surface area contributed by atoms with Gasteiger partial charge in [0.05, 0.1) is 31.5 Å². The molecule has 1 unspecified atom stereocenters. The van der Waals surface area contributed by atoms with Crippen LogP contribution in [0.2, 0.25) is 0 Å². The summed E-state index contributed by atoms with van der Waals surface area (Å²) in [5.74, 6) is -0.204. The van der Waals surface area contributed by atoms with Gasteiger partial charge in [-0.25, -0.2) is 9.79 Å². The number of benzene rings is 2. The van der Waals surface area contributed by atoms with Gasteiger partial charge in [-0.05, 0) is 66.9 Å². The van der Waals surface area contributed by atoms with Crippen molar-refractivity contribution in [3.63, 3.8) is 0 Å². The van der Waals surface area contributed by atoms with Crippen molar-refractivity contribution in [2.75, 3.05) is 19.0 Å². The molecule has 0 spiro atoms. The molecule has 1 atom stereocenters. The fraction of sp³-hybridized carbons (Fsp3) is 0.231. The van der Waals surface area contributed by atoms with E-state index in [1.54, 1.807) is 78.8 Å². The normalized spacial score (nSPS) is 16.6. The fourth-order valence-corrected chi connectivity index (χ4v) is 5.24. The monoisotopic (exact) mass is 523 g/mol. The van der Waals surface area contributed by atoms with Crippen LogP contribution in [0.15, 0.2) is 71.0 Å². The zero-order chi connectivity index (χ0) is 25.5. The van der Waals surface area contributed by atoms with Crippen LogP contribution in [0.4, 0.5) is 11.4 Å². The van der Waals surface area contributed by atoms with Crippen molar-refractivity contribution in [2.24, 2.45) is 4.99 Å². The highest BCUT2D eigenvalue weighted by Gasteiger charge is 2.36. The average Bonchev–Trinajstić information content (AvgIpc) is 3.40. The highest BCUT2D eigenvalue weighted by Crippen LogP contribution is 2.32. The molecular weight excluding hydrogens is 498 g/mol.